The first kappa shape index (κ1) is 22.2. The maximum Gasteiger partial charge on any atom is 0.355 e. The quantitative estimate of drug-likeness (QED) is 0.184. The first-order valence-corrected chi connectivity index (χ1v) is 10.1. The highest BCUT2D eigenvalue weighted by atomic mass is 16.6. The lowest BCUT2D eigenvalue weighted by Gasteiger charge is -2.12. The lowest BCUT2D eigenvalue weighted by Crippen LogP contribution is -2.14. The molecule has 0 bridgehead atoms. The molecule has 0 N–H and O–H groups in total. The van der Waals surface area contributed by atoms with Gasteiger partial charge >= 0.3 is 5.97 Å². The molecule has 0 aliphatic rings. The molecular weight excluding hydrogens is 332 g/mol. The molecule has 0 saturated carbocycles. The largest absolute Gasteiger partial charge is 0.461 e. The number of aromatic nitrogens is 1. The molecule has 6 heteroatoms. The Morgan fingerprint density at radius 1 is 1.04 bits per heavy atom. The molecular formula is C20H34N2O4. The molecule has 0 unspecified atom stereocenters. The fraction of sp³-hybridized carbons (Fsp3) is 0.750. The fourth-order valence-corrected chi connectivity index (χ4v) is 3.22. The van der Waals surface area contributed by atoms with Crippen molar-refractivity contribution in [2.75, 3.05) is 6.61 Å². The van der Waals surface area contributed by atoms with E-state index in [1.165, 1.54) is 18.9 Å². The van der Waals surface area contributed by atoms with Crippen LogP contribution in [-0.2, 0) is 17.7 Å². The third-order valence-electron chi connectivity index (χ3n) is 4.62. The van der Waals surface area contributed by atoms with Crippen LogP contribution in [0, 0.1) is 10.1 Å². The summed E-state index contributed by atoms with van der Waals surface area (Å²) in [5.41, 5.74) is 1.05. The number of hydrogen-bond donors (Lipinski definition) is 0. The Morgan fingerprint density at radius 3 is 2.23 bits per heavy atom. The molecule has 1 aromatic rings. The molecule has 148 valence electrons. The summed E-state index contributed by atoms with van der Waals surface area (Å²) < 4.78 is 6.96. The highest BCUT2D eigenvalue weighted by Gasteiger charge is 2.26. The molecule has 1 aromatic heterocycles. The molecule has 0 saturated heterocycles. The minimum absolute atomic E-state index is 0.0547. The smallest absolute Gasteiger partial charge is 0.355 e. The van der Waals surface area contributed by atoms with Crippen molar-refractivity contribution in [3.63, 3.8) is 0 Å². The van der Waals surface area contributed by atoms with Gasteiger partial charge in [0.15, 0.2) is 0 Å². The summed E-state index contributed by atoms with van der Waals surface area (Å²) in [6.45, 7) is 6.95. The van der Waals surface area contributed by atoms with E-state index in [4.69, 9.17) is 4.74 Å². The summed E-state index contributed by atoms with van der Waals surface area (Å²) in [6.07, 6.45) is 10.3. The molecule has 6 nitrogen and oxygen atoms in total. The van der Waals surface area contributed by atoms with Crippen molar-refractivity contribution in [2.24, 2.45) is 0 Å². The fourth-order valence-electron chi connectivity index (χ4n) is 3.22. The first-order chi connectivity index (χ1) is 12.6. The molecule has 1 rings (SSSR count). The van der Waals surface area contributed by atoms with Crippen LogP contribution >= 0.6 is 0 Å². The molecule has 1 heterocycles. The van der Waals surface area contributed by atoms with Crippen LogP contribution in [0.25, 0.3) is 0 Å². The number of carbonyl (C=O) groups is 1. The zero-order valence-corrected chi connectivity index (χ0v) is 16.6. The van der Waals surface area contributed by atoms with Gasteiger partial charge < -0.3 is 9.30 Å². The molecule has 0 aromatic carbocycles. The Kier molecular flexibility index (Phi) is 10.7. The lowest BCUT2D eigenvalue weighted by atomic mass is 10.1. The Morgan fingerprint density at radius 2 is 1.65 bits per heavy atom. The molecule has 0 aliphatic carbocycles. The van der Waals surface area contributed by atoms with E-state index in [1.807, 2.05) is 4.57 Å². The topological polar surface area (TPSA) is 74.4 Å². The standard InChI is InChI=1S/C20H34N2O4/c1-4-7-9-11-12-14-17-18(22(24)25)16-19(20(23)26-6-3)21(17)15-13-10-8-5-2/h16H,4-15H2,1-3H3. The number of nitrogens with zero attached hydrogens (tertiary/aromatic N) is 2. The van der Waals surface area contributed by atoms with Crippen molar-refractivity contribution in [2.45, 2.75) is 91.5 Å². The number of carbonyl (C=O) groups excluding carboxylic acids is 1. The van der Waals surface area contributed by atoms with Gasteiger partial charge in [-0.05, 0) is 26.2 Å². The molecule has 0 amide bonds. The minimum atomic E-state index is -0.469. The number of ether oxygens (including phenoxy) is 1. The molecule has 0 radical (unpaired) electrons. The van der Waals surface area contributed by atoms with Gasteiger partial charge in [0.25, 0.3) is 5.69 Å². The molecule has 0 aliphatic heterocycles. The van der Waals surface area contributed by atoms with E-state index in [-0.39, 0.29) is 17.2 Å². The minimum Gasteiger partial charge on any atom is -0.461 e. The van der Waals surface area contributed by atoms with E-state index in [0.717, 1.165) is 44.9 Å². The van der Waals surface area contributed by atoms with Gasteiger partial charge in [0.2, 0.25) is 0 Å². The Hall–Kier alpha value is -1.85. The third-order valence-corrected chi connectivity index (χ3v) is 4.62. The van der Waals surface area contributed by atoms with E-state index in [0.29, 0.717) is 24.4 Å². The second-order valence-electron chi connectivity index (χ2n) is 6.72. The normalized spacial score (nSPS) is 10.9. The predicted octanol–water partition coefficient (Wildman–Crippen LogP) is 5.67. The number of unbranched alkanes of at least 4 members (excludes halogenated alkanes) is 7. The average Bonchev–Trinajstić information content (AvgIpc) is 2.98. The Labute approximate surface area is 157 Å². The van der Waals surface area contributed by atoms with Crippen molar-refractivity contribution >= 4 is 11.7 Å². The molecule has 0 atom stereocenters. The maximum atomic E-state index is 12.3. The van der Waals surface area contributed by atoms with Gasteiger partial charge in [-0.25, -0.2) is 4.79 Å². The van der Waals surface area contributed by atoms with Gasteiger partial charge in [0, 0.05) is 12.6 Å². The summed E-state index contributed by atoms with van der Waals surface area (Å²) in [5.74, 6) is -0.469. The maximum absolute atomic E-state index is 12.3. The van der Waals surface area contributed by atoms with Crippen LogP contribution in [0.5, 0.6) is 0 Å². The Balaban J connectivity index is 3.02. The second kappa shape index (κ2) is 12.5. The zero-order valence-electron chi connectivity index (χ0n) is 16.6. The van der Waals surface area contributed by atoms with E-state index in [2.05, 4.69) is 13.8 Å². The van der Waals surface area contributed by atoms with E-state index in [1.54, 1.807) is 6.92 Å². The summed E-state index contributed by atoms with van der Waals surface area (Å²) in [6, 6.07) is 1.40. The monoisotopic (exact) mass is 366 g/mol. The van der Waals surface area contributed by atoms with Crippen LogP contribution in [0.4, 0.5) is 5.69 Å². The summed E-state index contributed by atoms with van der Waals surface area (Å²) in [7, 11) is 0. The Bertz CT molecular complexity index is 566. The zero-order chi connectivity index (χ0) is 19.4. The average molecular weight is 367 g/mol. The number of rotatable bonds is 14. The van der Waals surface area contributed by atoms with E-state index >= 15 is 0 Å². The number of hydrogen-bond acceptors (Lipinski definition) is 4. The van der Waals surface area contributed by atoms with Crippen molar-refractivity contribution < 1.29 is 14.5 Å². The van der Waals surface area contributed by atoms with Gasteiger partial charge in [-0.3, -0.25) is 10.1 Å². The summed E-state index contributed by atoms with van der Waals surface area (Å²) in [4.78, 5) is 23.4. The van der Waals surface area contributed by atoms with Crippen LogP contribution in [0.2, 0.25) is 0 Å². The van der Waals surface area contributed by atoms with Crippen LogP contribution in [0.15, 0.2) is 6.07 Å². The first-order valence-electron chi connectivity index (χ1n) is 10.1. The molecule has 0 spiro atoms. The van der Waals surface area contributed by atoms with Gasteiger partial charge in [-0.15, -0.1) is 0 Å². The van der Waals surface area contributed by atoms with Gasteiger partial charge in [0.05, 0.1) is 17.2 Å². The van der Waals surface area contributed by atoms with Crippen molar-refractivity contribution in [3.8, 4) is 0 Å². The summed E-state index contributed by atoms with van der Waals surface area (Å²) in [5, 5.41) is 11.5. The van der Waals surface area contributed by atoms with Gasteiger partial charge in [0.1, 0.15) is 5.69 Å². The SMILES string of the molecule is CCCCCCCc1c([N+](=O)[O-])cc(C(=O)OCC)n1CCCCCC. The molecule has 26 heavy (non-hydrogen) atoms. The van der Waals surface area contributed by atoms with Crippen LogP contribution in [0.3, 0.4) is 0 Å². The van der Waals surface area contributed by atoms with Gasteiger partial charge in [-0.1, -0.05) is 58.8 Å². The number of esters is 1. The predicted molar refractivity (Wildman–Crippen MR) is 104 cm³/mol. The van der Waals surface area contributed by atoms with Gasteiger partial charge in [-0.2, -0.15) is 0 Å². The van der Waals surface area contributed by atoms with E-state index < -0.39 is 5.97 Å². The van der Waals surface area contributed by atoms with Crippen LogP contribution in [0.1, 0.15) is 94.7 Å². The van der Waals surface area contributed by atoms with Crippen molar-refractivity contribution in [1.82, 2.24) is 4.57 Å². The third kappa shape index (κ3) is 6.81. The highest BCUT2D eigenvalue weighted by Crippen LogP contribution is 2.27. The molecule has 0 fully saturated rings. The van der Waals surface area contributed by atoms with E-state index in [9.17, 15) is 14.9 Å². The van der Waals surface area contributed by atoms with Crippen LogP contribution < -0.4 is 0 Å². The van der Waals surface area contributed by atoms with Crippen LogP contribution in [-0.4, -0.2) is 22.1 Å². The van der Waals surface area contributed by atoms with Crippen molar-refractivity contribution in [3.05, 3.63) is 27.6 Å². The van der Waals surface area contributed by atoms with Crippen molar-refractivity contribution in [1.29, 1.82) is 0 Å². The lowest BCUT2D eigenvalue weighted by molar-refractivity contribution is -0.385. The second-order valence-corrected chi connectivity index (χ2v) is 6.72. The highest BCUT2D eigenvalue weighted by molar-refractivity contribution is 5.89. The number of nitro groups is 1. The summed E-state index contributed by atoms with van der Waals surface area (Å²) >= 11 is 0.